The first-order valence-corrected chi connectivity index (χ1v) is 13.0. The molecule has 0 aliphatic carbocycles. The van der Waals surface area contributed by atoms with E-state index in [2.05, 4.69) is 5.32 Å². The summed E-state index contributed by atoms with van der Waals surface area (Å²) in [6.45, 7) is 3.25. The van der Waals surface area contributed by atoms with Gasteiger partial charge in [-0.15, -0.1) is 0 Å². The van der Waals surface area contributed by atoms with Crippen LogP contribution in [-0.4, -0.2) is 44.8 Å². The predicted molar refractivity (Wildman–Crippen MR) is 137 cm³/mol. The molecule has 0 fully saturated rings. The van der Waals surface area contributed by atoms with Crippen LogP contribution in [-0.2, 0) is 26.2 Å². The molecule has 190 valence electrons. The second-order valence-corrected chi connectivity index (χ2v) is 10.2. The molecule has 0 saturated heterocycles. The van der Waals surface area contributed by atoms with Gasteiger partial charge in [0.15, 0.2) is 0 Å². The Morgan fingerprint density at radius 3 is 2.11 bits per heavy atom. The number of halogens is 1. The first-order valence-electron chi connectivity index (χ1n) is 11.6. The van der Waals surface area contributed by atoms with E-state index in [1.807, 2.05) is 37.3 Å². The Kier molecular flexibility index (Phi) is 8.82. The molecule has 3 rings (SSSR count). The number of hydrogen-bond donors (Lipinski definition) is 1. The molecule has 2 amide bonds. The van der Waals surface area contributed by atoms with Gasteiger partial charge in [-0.3, -0.25) is 13.9 Å². The Balaban J connectivity index is 2.04. The zero-order chi connectivity index (χ0) is 26.3. The molecule has 1 atom stereocenters. The van der Waals surface area contributed by atoms with Crippen molar-refractivity contribution in [2.24, 2.45) is 0 Å². The highest BCUT2D eigenvalue weighted by Crippen LogP contribution is 2.25. The number of aryl methyl sites for hydroxylation is 1. The molecular weight excluding hydrogens is 481 g/mol. The van der Waals surface area contributed by atoms with Crippen molar-refractivity contribution >= 4 is 27.5 Å². The fourth-order valence-corrected chi connectivity index (χ4v) is 5.25. The van der Waals surface area contributed by atoms with Crippen LogP contribution in [0.1, 0.15) is 24.5 Å². The Labute approximate surface area is 211 Å². The second-order valence-electron chi connectivity index (χ2n) is 8.35. The van der Waals surface area contributed by atoms with E-state index in [0.29, 0.717) is 6.42 Å². The first kappa shape index (κ1) is 26.9. The van der Waals surface area contributed by atoms with Crippen molar-refractivity contribution in [2.75, 3.05) is 17.9 Å². The molecule has 0 saturated carbocycles. The van der Waals surface area contributed by atoms with Gasteiger partial charge in [-0.05, 0) is 55.3 Å². The fourth-order valence-electron chi connectivity index (χ4n) is 3.84. The largest absolute Gasteiger partial charge is 0.357 e. The van der Waals surface area contributed by atoms with E-state index in [9.17, 15) is 22.4 Å². The number of likely N-dealkylation sites (N-methyl/N-ethyl adjacent to an activating group) is 1. The van der Waals surface area contributed by atoms with Crippen molar-refractivity contribution in [3.05, 3.63) is 95.8 Å². The summed E-state index contributed by atoms with van der Waals surface area (Å²) in [5, 5.41) is 2.59. The lowest BCUT2D eigenvalue weighted by Crippen LogP contribution is -2.51. The number of nitrogens with zero attached hydrogens (tertiary/aromatic N) is 2. The Morgan fingerprint density at radius 2 is 1.56 bits per heavy atom. The standard InChI is InChI=1S/C27H30FN3O4S/c1-4-25(27(33)29-3)30(18-21-8-6-5-7-9-21)26(32)19-31(23-14-10-20(2)11-15-23)36(34,35)24-16-12-22(28)13-17-24/h5-17,25H,4,18-19H2,1-3H3,(H,29,33). The number of benzene rings is 3. The van der Waals surface area contributed by atoms with Gasteiger partial charge in [-0.2, -0.15) is 0 Å². The van der Waals surface area contributed by atoms with E-state index in [0.717, 1.165) is 39.7 Å². The van der Waals surface area contributed by atoms with Gasteiger partial charge in [0.05, 0.1) is 10.6 Å². The van der Waals surface area contributed by atoms with E-state index in [-0.39, 0.29) is 23.0 Å². The number of sulfonamides is 1. The topological polar surface area (TPSA) is 86.8 Å². The highest BCUT2D eigenvalue weighted by atomic mass is 32.2. The summed E-state index contributed by atoms with van der Waals surface area (Å²) in [6, 6.07) is 19.5. The molecule has 0 spiro atoms. The third-order valence-corrected chi connectivity index (χ3v) is 7.62. The van der Waals surface area contributed by atoms with E-state index in [1.54, 1.807) is 31.2 Å². The molecule has 1 N–H and O–H groups in total. The second kappa shape index (κ2) is 11.8. The average molecular weight is 512 g/mol. The van der Waals surface area contributed by atoms with Gasteiger partial charge in [-0.25, -0.2) is 12.8 Å². The van der Waals surface area contributed by atoms with Gasteiger partial charge < -0.3 is 10.2 Å². The molecule has 36 heavy (non-hydrogen) atoms. The van der Waals surface area contributed by atoms with Crippen LogP contribution in [0, 0.1) is 12.7 Å². The number of amides is 2. The van der Waals surface area contributed by atoms with Crippen LogP contribution in [0.25, 0.3) is 0 Å². The maximum atomic E-state index is 13.7. The maximum absolute atomic E-state index is 13.7. The molecule has 0 bridgehead atoms. The fraction of sp³-hybridized carbons (Fsp3) is 0.259. The number of hydrogen-bond acceptors (Lipinski definition) is 4. The Hall–Kier alpha value is -3.72. The lowest BCUT2D eigenvalue weighted by atomic mass is 10.1. The van der Waals surface area contributed by atoms with Crippen molar-refractivity contribution in [1.29, 1.82) is 0 Å². The summed E-state index contributed by atoms with van der Waals surface area (Å²) < 4.78 is 41.7. The van der Waals surface area contributed by atoms with Gasteiger partial charge in [0.1, 0.15) is 18.4 Å². The SMILES string of the molecule is CCC(C(=O)NC)N(Cc1ccccc1)C(=O)CN(c1ccc(C)cc1)S(=O)(=O)c1ccc(F)cc1. The quantitative estimate of drug-likeness (QED) is 0.448. The predicted octanol–water partition coefficient (Wildman–Crippen LogP) is 3.88. The average Bonchev–Trinajstić information content (AvgIpc) is 2.88. The lowest BCUT2D eigenvalue weighted by Gasteiger charge is -2.33. The van der Waals surface area contributed by atoms with Crippen molar-refractivity contribution < 1.29 is 22.4 Å². The molecule has 0 aromatic heterocycles. The van der Waals surface area contributed by atoms with Gasteiger partial charge in [-0.1, -0.05) is 55.0 Å². The Morgan fingerprint density at radius 1 is 0.944 bits per heavy atom. The van der Waals surface area contributed by atoms with E-state index in [1.165, 1.54) is 11.9 Å². The molecule has 0 aliphatic rings. The zero-order valence-corrected chi connectivity index (χ0v) is 21.3. The third kappa shape index (κ3) is 6.28. The van der Waals surface area contributed by atoms with Crippen LogP contribution in [0.4, 0.5) is 10.1 Å². The van der Waals surface area contributed by atoms with Crippen molar-refractivity contribution in [1.82, 2.24) is 10.2 Å². The number of rotatable bonds is 10. The number of nitrogens with one attached hydrogen (secondary N) is 1. The van der Waals surface area contributed by atoms with Crippen molar-refractivity contribution in [2.45, 2.75) is 37.8 Å². The summed E-state index contributed by atoms with van der Waals surface area (Å²) in [5.41, 5.74) is 2.00. The molecule has 3 aromatic carbocycles. The summed E-state index contributed by atoms with van der Waals surface area (Å²) >= 11 is 0. The van der Waals surface area contributed by atoms with Crippen LogP contribution in [0.3, 0.4) is 0 Å². The summed E-state index contributed by atoms with van der Waals surface area (Å²) in [4.78, 5) is 27.6. The minimum atomic E-state index is -4.22. The van der Waals surface area contributed by atoms with Crippen molar-refractivity contribution in [3.63, 3.8) is 0 Å². The van der Waals surface area contributed by atoms with E-state index < -0.39 is 34.3 Å². The molecule has 0 aliphatic heterocycles. The molecule has 7 nitrogen and oxygen atoms in total. The van der Waals surface area contributed by atoms with Crippen LogP contribution in [0.5, 0.6) is 0 Å². The van der Waals surface area contributed by atoms with Gasteiger partial charge >= 0.3 is 0 Å². The van der Waals surface area contributed by atoms with Crippen molar-refractivity contribution in [3.8, 4) is 0 Å². The van der Waals surface area contributed by atoms with Gasteiger partial charge in [0.25, 0.3) is 10.0 Å². The van der Waals surface area contributed by atoms with Gasteiger partial charge in [0.2, 0.25) is 11.8 Å². The minimum absolute atomic E-state index is 0.129. The molecule has 0 heterocycles. The van der Waals surface area contributed by atoms with Crippen LogP contribution < -0.4 is 9.62 Å². The normalized spacial score (nSPS) is 12.0. The number of carbonyl (C=O) groups excluding carboxylic acids is 2. The smallest absolute Gasteiger partial charge is 0.264 e. The number of anilines is 1. The van der Waals surface area contributed by atoms with E-state index in [4.69, 9.17) is 0 Å². The third-order valence-electron chi connectivity index (χ3n) is 5.83. The number of carbonyl (C=O) groups is 2. The van der Waals surface area contributed by atoms with Crippen LogP contribution in [0.15, 0.2) is 83.8 Å². The molecule has 0 radical (unpaired) electrons. The monoisotopic (exact) mass is 511 g/mol. The highest BCUT2D eigenvalue weighted by Gasteiger charge is 2.33. The molecular formula is C27H30FN3O4S. The van der Waals surface area contributed by atoms with Crippen LogP contribution >= 0.6 is 0 Å². The van der Waals surface area contributed by atoms with E-state index >= 15 is 0 Å². The highest BCUT2D eigenvalue weighted by molar-refractivity contribution is 7.92. The summed E-state index contributed by atoms with van der Waals surface area (Å²) in [5.74, 6) is -1.46. The maximum Gasteiger partial charge on any atom is 0.264 e. The molecule has 1 unspecified atom stereocenters. The van der Waals surface area contributed by atoms with Gasteiger partial charge in [0, 0.05) is 13.6 Å². The molecule has 3 aromatic rings. The zero-order valence-electron chi connectivity index (χ0n) is 20.5. The minimum Gasteiger partial charge on any atom is -0.357 e. The summed E-state index contributed by atoms with van der Waals surface area (Å²) in [7, 11) is -2.73. The first-order chi connectivity index (χ1) is 17.2. The Bertz CT molecular complexity index is 1280. The van der Waals surface area contributed by atoms with Crippen LogP contribution in [0.2, 0.25) is 0 Å². The molecule has 9 heteroatoms. The summed E-state index contributed by atoms with van der Waals surface area (Å²) in [6.07, 6.45) is 0.341. The lowest BCUT2D eigenvalue weighted by molar-refractivity contribution is -0.140.